The SMILES string of the molecule is Cc1csc(Cn2ccc3cccc(Cl)c32)n1. The van der Waals surface area contributed by atoms with Crippen molar-refractivity contribution in [2.75, 3.05) is 0 Å². The van der Waals surface area contributed by atoms with Gasteiger partial charge in [0.15, 0.2) is 0 Å². The summed E-state index contributed by atoms with van der Waals surface area (Å²) in [5, 5.41) is 5.15. The quantitative estimate of drug-likeness (QED) is 0.680. The summed E-state index contributed by atoms with van der Waals surface area (Å²) >= 11 is 7.92. The highest BCUT2D eigenvalue weighted by molar-refractivity contribution is 7.09. The molecule has 0 bridgehead atoms. The highest BCUT2D eigenvalue weighted by Gasteiger charge is 2.06. The Hall–Kier alpha value is -1.32. The molecule has 3 rings (SSSR count). The van der Waals surface area contributed by atoms with E-state index in [1.165, 1.54) is 5.39 Å². The molecule has 0 saturated heterocycles. The van der Waals surface area contributed by atoms with Crippen LogP contribution in [0.1, 0.15) is 10.7 Å². The highest BCUT2D eigenvalue weighted by Crippen LogP contribution is 2.25. The molecule has 3 aromatic rings. The van der Waals surface area contributed by atoms with E-state index in [4.69, 9.17) is 11.6 Å². The van der Waals surface area contributed by atoms with Crippen LogP contribution in [0.25, 0.3) is 10.9 Å². The fourth-order valence-electron chi connectivity index (χ4n) is 1.97. The van der Waals surface area contributed by atoms with Crippen LogP contribution >= 0.6 is 22.9 Å². The van der Waals surface area contributed by atoms with Crippen LogP contribution in [0.15, 0.2) is 35.8 Å². The number of hydrogen-bond acceptors (Lipinski definition) is 2. The van der Waals surface area contributed by atoms with Crippen LogP contribution in [-0.2, 0) is 6.54 Å². The van der Waals surface area contributed by atoms with Gasteiger partial charge in [0, 0.05) is 22.7 Å². The predicted octanol–water partition coefficient (Wildman–Crippen LogP) is 4.11. The van der Waals surface area contributed by atoms with E-state index in [9.17, 15) is 0 Å². The fourth-order valence-corrected chi connectivity index (χ4v) is 3.03. The molecule has 0 spiro atoms. The van der Waals surface area contributed by atoms with Gasteiger partial charge in [0.1, 0.15) is 5.01 Å². The zero-order valence-electron chi connectivity index (χ0n) is 9.35. The number of benzene rings is 1. The number of thiazole rings is 1. The van der Waals surface area contributed by atoms with Crippen molar-refractivity contribution in [3.63, 3.8) is 0 Å². The van der Waals surface area contributed by atoms with E-state index < -0.39 is 0 Å². The molecule has 0 amide bonds. The lowest BCUT2D eigenvalue weighted by molar-refractivity contribution is 0.825. The minimum atomic E-state index is 0.783. The Kier molecular flexibility index (Phi) is 2.65. The molecular weight excluding hydrogens is 252 g/mol. The molecule has 2 nitrogen and oxygen atoms in total. The molecule has 0 aliphatic rings. The van der Waals surface area contributed by atoms with Gasteiger partial charge >= 0.3 is 0 Å². The summed E-state index contributed by atoms with van der Waals surface area (Å²) in [5.41, 5.74) is 2.16. The zero-order chi connectivity index (χ0) is 11.8. The van der Waals surface area contributed by atoms with E-state index in [-0.39, 0.29) is 0 Å². The van der Waals surface area contributed by atoms with E-state index in [0.717, 1.165) is 27.8 Å². The lowest BCUT2D eigenvalue weighted by Crippen LogP contribution is -1.97. The average molecular weight is 263 g/mol. The Morgan fingerprint density at radius 2 is 2.24 bits per heavy atom. The minimum absolute atomic E-state index is 0.783. The molecule has 0 N–H and O–H groups in total. The van der Waals surface area contributed by atoms with Crippen LogP contribution in [0.3, 0.4) is 0 Å². The summed E-state index contributed by atoms with van der Waals surface area (Å²) < 4.78 is 2.15. The molecule has 0 radical (unpaired) electrons. The number of fused-ring (bicyclic) bond motifs is 1. The molecule has 0 aliphatic heterocycles. The third kappa shape index (κ3) is 1.96. The van der Waals surface area contributed by atoms with Crippen LogP contribution in [0, 0.1) is 6.92 Å². The topological polar surface area (TPSA) is 17.8 Å². The summed E-state index contributed by atoms with van der Waals surface area (Å²) in [6.45, 7) is 2.80. The van der Waals surface area contributed by atoms with Crippen molar-refractivity contribution in [1.82, 2.24) is 9.55 Å². The summed E-state index contributed by atoms with van der Waals surface area (Å²) in [4.78, 5) is 4.48. The Labute approximate surface area is 108 Å². The molecule has 86 valence electrons. The summed E-state index contributed by atoms with van der Waals surface area (Å²) in [6.07, 6.45) is 2.06. The Morgan fingerprint density at radius 3 is 3.00 bits per heavy atom. The van der Waals surface area contributed by atoms with Gasteiger partial charge in [0.25, 0.3) is 0 Å². The fraction of sp³-hybridized carbons (Fsp3) is 0.154. The maximum Gasteiger partial charge on any atom is 0.113 e. The summed E-state index contributed by atoms with van der Waals surface area (Å²) in [6, 6.07) is 8.06. The maximum atomic E-state index is 6.24. The molecule has 0 aliphatic carbocycles. The summed E-state index contributed by atoms with van der Waals surface area (Å²) in [7, 11) is 0. The second kappa shape index (κ2) is 4.17. The third-order valence-corrected chi connectivity index (χ3v) is 3.97. The Balaban J connectivity index is 2.06. The molecule has 1 aromatic carbocycles. The van der Waals surface area contributed by atoms with Gasteiger partial charge in [0.2, 0.25) is 0 Å². The van der Waals surface area contributed by atoms with Crippen molar-refractivity contribution >= 4 is 33.8 Å². The van der Waals surface area contributed by atoms with Crippen LogP contribution in [-0.4, -0.2) is 9.55 Å². The lowest BCUT2D eigenvalue weighted by Gasteiger charge is -2.04. The van der Waals surface area contributed by atoms with Gasteiger partial charge in [-0.2, -0.15) is 0 Å². The molecule has 0 atom stereocenters. The molecular formula is C13H11ClN2S. The number of para-hydroxylation sites is 1. The first kappa shape index (κ1) is 10.8. The smallest absolute Gasteiger partial charge is 0.113 e. The molecule has 2 aromatic heterocycles. The van der Waals surface area contributed by atoms with E-state index in [1.54, 1.807) is 11.3 Å². The number of rotatable bonds is 2. The molecule has 17 heavy (non-hydrogen) atoms. The van der Waals surface area contributed by atoms with Crippen molar-refractivity contribution in [2.24, 2.45) is 0 Å². The van der Waals surface area contributed by atoms with Gasteiger partial charge in [-0.15, -0.1) is 11.3 Å². The molecule has 2 heterocycles. The van der Waals surface area contributed by atoms with Gasteiger partial charge in [-0.05, 0) is 19.1 Å². The second-order valence-corrected chi connectivity index (χ2v) is 5.35. The molecule has 0 fully saturated rings. The molecule has 0 saturated carbocycles. The molecule has 0 unspecified atom stereocenters. The third-order valence-electron chi connectivity index (χ3n) is 2.71. The normalized spacial score (nSPS) is 11.2. The number of hydrogen-bond donors (Lipinski definition) is 0. The first-order valence-electron chi connectivity index (χ1n) is 5.38. The van der Waals surface area contributed by atoms with Crippen LogP contribution in [0.4, 0.5) is 0 Å². The van der Waals surface area contributed by atoms with E-state index >= 15 is 0 Å². The van der Waals surface area contributed by atoms with Crippen molar-refractivity contribution < 1.29 is 0 Å². The van der Waals surface area contributed by atoms with Crippen LogP contribution in [0.2, 0.25) is 5.02 Å². The number of nitrogens with zero attached hydrogens (tertiary/aromatic N) is 2. The number of aryl methyl sites for hydroxylation is 1. The van der Waals surface area contributed by atoms with Crippen LogP contribution < -0.4 is 0 Å². The average Bonchev–Trinajstić information content (AvgIpc) is 2.88. The van der Waals surface area contributed by atoms with Crippen LogP contribution in [0.5, 0.6) is 0 Å². The monoisotopic (exact) mass is 262 g/mol. The zero-order valence-corrected chi connectivity index (χ0v) is 10.9. The van der Waals surface area contributed by atoms with E-state index in [1.807, 2.05) is 19.1 Å². The Morgan fingerprint density at radius 1 is 1.35 bits per heavy atom. The predicted molar refractivity (Wildman–Crippen MR) is 72.9 cm³/mol. The lowest BCUT2D eigenvalue weighted by atomic mass is 10.2. The van der Waals surface area contributed by atoms with Crippen molar-refractivity contribution in [3.8, 4) is 0 Å². The Bertz CT molecular complexity index is 669. The van der Waals surface area contributed by atoms with Gasteiger partial charge in [-0.1, -0.05) is 23.7 Å². The van der Waals surface area contributed by atoms with E-state index in [2.05, 4.69) is 33.3 Å². The molecule has 4 heteroatoms. The largest absolute Gasteiger partial charge is 0.339 e. The van der Waals surface area contributed by atoms with Gasteiger partial charge in [-0.25, -0.2) is 4.98 Å². The maximum absolute atomic E-state index is 6.24. The summed E-state index contributed by atoms with van der Waals surface area (Å²) in [5.74, 6) is 0. The number of halogens is 1. The standard InChI is InChI=1S/C13H11ClN2S/c1-9-8-17-12(15-9)7-16-6-5-10-3-2-4-11(14)13(10)16/h2-6,8H,7H2,1H3. The van der Waals surface area contributed by atoms with E-state index in [0.29, 0.717) is 0 Å². The number of aromatic nitrogens is 2. The van der Waals surface area contributed by atoms with Gasteiger partial charge < -0.3 is 4.57 Å². The highest BCUT2D eigenvalue weighted by atomic mass is 35.5. The van der Waals surface area contributed by atoms with Crippen molar-refractivity contribution in [1.29, 1.82) is 0 Å². The van der Waals surface area contributed by atoms with Gasteiger partial charge in [0.05, 0.1) is 17.1 Å². The van der Waals surface area contributed by atoms with Gasteiger partial charge in [-0.3, -0.25) is 0 Å². The van der Waals surface area contributed by atoms with Crippen molar-refractivity contribution in [3.05, 3.63) is 51.6 Å². The second-order valence-electron chi connectivity index (χ2n) is 4.00. The first-order valence-corrected chi connectivity index (χ1v) is 6.64. The van der Waals surface area contributed by atoms with Crippen molar-refractivity contribution in [2.45, 2.75) is 13.5 Å². The minimum Gasteiger partial charge on any atom is -0.339 e. The first-order chi connectivity index (χ1) is 8.24.